The molecule has 1 amide bonds. The summed E-state index contributed by atoms with van der Waals surface area (Å²) in [6, 6.07) is 7.33. The fraction of sp³-hybridized carbons (Fsp3) is 0.429. The number of benzene rings is 1. The highest BCUT2D eigenvalue weighted by Crippen LogP contribution is 2.24. The molecule has 1 saturated carbocycles. The average Bonchev–Trinajstić information content (AvgIpc) is 3.10. The average molecular weight is 397 g/mol. The number of nitrogens with one attached hydrogen (secondary N) is 1. The highest BCUT2D eigenvalue weighted by atomic mass is 16.5. The van der Waals surface area contributed by atoms with Gasteiger partial charge in [-0.05, 0) is 30.9 Å². The summed E-state index contributed by atoms with van der Waals surface area (Å²) in [5.41, 5.74) is 0.631. The summed E-state index contributed by atoms with van der Waals surface area (Å²) in [5, 5.41) is 3.67. The van der Waals surface area contributed by atoms with Crippen LogP contribution in [0.1, 0.15) is 32.6 Å². The molecule has 0 aliphatic heterocycles. The molecule has 2 atom stereocenters. The van der Waals surface area contributed by atoms with Crippen molar-refractivity contribution in [2.45, 2.75) is 45.2 Å². The van der Waals surface area contributed by atoms with E-state index in [-0.39, 0.29) is 30.7 Å². The van der Waals surface area contributed by atoms with Crippen LogP contribution in [0.15, 0.2) is 39.8 Å². The van der Waals surface area contributed by atoms with Crippen LogP contribution in [0, 0.1) is 5.92 Å². The second-order valence-corrected chi connectivity index (χ2v) is 7.55. The number of hydrogen-bond acceptors (Lipinski definition) is 6. The molecule has 1 N–H and O–H groups in total. The molecule has 0 bridgehead atoms. The zero-order chi connectivity index (χ0) is 20.4. The van der Waals surface area contributed by atoms with Crippen LogP contribution in [0.4, 0.5) is 0 Å². The molecule has 8 nitrogen and oxygen atoms in total. The minimum Gasteiger partial charge on any atom is -0.454 e. The van der Waals surface area contributed by atoms with Gasteiger partial charge in [0.2, 0.25) is 5.58 Å². The van der Waals surface area contributed by atoms with Crippen molar-refractivity contribution in [1.29, 1.82) is 0 Å². The maximum Gasteiger partial charge on any atom is 0.326 e. The lowest BCUT2D eigenvalue weighted by atomic mass is 9.86. The van der Waals surface area contributed by atoms with Gasteiger partial charge in [-0.25, -0.2) is 4.98 Å². The van der Waals surface area contributed by atoms with Gasteiger partial charge in [0.1, 0.15) is 17.6 Å². The van der Waals surface area contributed by atoms with Gasteiger partial charge in [0.05, 0.1) is 6.33 Å². The number of rotatable bonds is 5. The molecule has 0 spiro atoms. The van der Waals surface area contributed by atoms with Gasteiger partial charge < -0.3 is 14.5 Å². The Kier molecular flexibility index (Phi) is 5.33. The van der Waals surface area contributed by atoms with Crippen LogP contribution < -0.4 is 10.9 Å². The first-order valence-corrected chi connectivity index (χ1v) is 9.84. The molecule has 8 heteroatoms. The standard InChI is InChI=1S/C21H23N3O5/c1-13-6-2-4-8-15(13)23-17(25)11-28-18(26)10-24-12-22-19-14-7-3-5-9-16(14)29-20(19)21(24)27/h3,5,7,9,12-13,15H,2,4,6,8,10-11H2,1H3,(H,23,25). The lowest BCUT2D eigenvalue weighted by Crippen LogP contribution is -2.43. The van der Waals surface area contributed by atoms with Gasteiger partial charge in [-0.2, -0.15) is 0 Å². The van der Waals surface area contributed by atoms with Gasteiger partial charge in [-0.3, -0.25) is 19.0 Å². The first-order chi connectivity index (χ1) is 14.0. The van der Waals surface area contributed by atoms with E-state index in [2.05, 4.69) is 17.2 Å². The SMILES string of the molecule is CC1CCCCC1NC(=O)COC(=O)Cn1cnc2c(oc3ccccc32)c1=O. The van der Waals surface area contributed by atoms with Crippen molar-refractivity contribution in [2.24, 2.45) is 5.92 Å². The molecular weight excluding hydrogens is 374 g/mol. The summed E-state index contributed by atoms with van der Waals surface area (Å²) in [6.45, 7) is 1.41. The van der Waals surface area contributed by atoms with Crippen molar-refractivity contribution in [3.8, 4) is 0 Å². The van der Waals surface area contributed by atoms with Gasteiger partial charge in [0, 0.05) is 11.4 Å². The molecule has 0 saturated heterocycles. The quantitative estimate of drug-likeness (QED) is 0.663. The fourth-order valence-electron chi connectivity index (χ4n) is 3.84. The largest absolute Gasteiger partial charge is 0.454 e. The number of aromatic nitrogens is 2. The molecule has 1 aromatic carbocycles. The van der Waals surface area contributed by atoms with Crippen LogP contribution in [0.2, 0.25) is 0 Å². The molecule has 4 rings (SSSR count). The predicted octanol–water partition coefficient (Wildman–Crippen LogP) is 2.38. The zero-order valence-electron chi connectivity index (χ0n) is 16.2. The van der Waals surface area contributed by atoms with E-state index in [9.17, 15) is 14.4 Å². The molecule has 29 heavy (non-hydrogen) atoms. The van der Waals surface area contributed by atoms with E-state index in [1.807, 2.05) is 12.1 Å². The van der Waals surface area contributed by atoms with Crippen LogP contribution >= 0.6 is 0 Å². The third kappa shape index (κ3) is 4.01. The second kappa shape index (κ2) is 8.06. The normalized spacial score (nSPS) is 19.3. The van der Waals surface area contributed by atoms with Crippen LogP contribution in [0.3, 0.4) is 0 Å². The molecule has 1 fully saturated rings. The summed E-state index contributed by atoms with van der Waals surface area (Å²) in [7, 11) is 0. The molecule has 3 aromatic rings. The molecule has 2 aromatic heterocycles. The number of nitrogens with zero attached hydrogens (tertiary/aromatic N) is 2. The number of carbonyl (C=O) groups excluding carboxylic acids is 2. The highest BCUT2D eigenvalue weighted by Gasteiger charge is 2.23. The topological polar surface area (TPSA) is 103 Å². The lowest BCUT2D eigenvalue weighted by Gasteiger charge is -2.29. The second-order valence-electron chi connectivity index (χ2n) is 7.55. The Morgan fingerprint density at radius 1 is 1.28 bits per heavy atom. The number of fused-ring (bicyclic) bond motifs is 3. The van der Waals surface area contributed by atoms with E-state index in [0.29, 0.717) is 17.0 Å². The number of ether oxygens (including phenoxy) is 1. The van der Waals surface area contributed by atoms with Gasteiger partial charge in [-0.1, -0.05) is 31.9 Å². The van der Waals surface area contributed by atoms with Gasteiger partial charge in [0.25, 0.3) is 11.5 Å². The number of carbonyl (C=O) groups is 2. The summed E-state index contributed by atoms with van der Waals surface area (Å²) in [6.07, 6.45) is 5.60. The van der Waals surface area contributed by atoms with Gasteiger partial charge in [-0.15, -0.1) is 0 Å². The number of amides is 1. The maximum atomic E-state index is 12.6. The van der Waals surface area contributed by atoms with E-state index >= 15 is 0 Å². The third-order valence-corrected chi connectivity index (χ3v) is 5.47. The van der Waals surface area contributed by atoms with E-state index in [1.54, 1.807) is 12.1 Å². The van der Waals surface area contributed by atoms with Gasteiger partial charge >= 0.3 is 5.97 Å². The van der Waals surface area contributed by atoms with E-state index < -0.39 is 11.5 Å². The summed E-state index contributed by atoms with van der Waals surface area (Å²) in [4.78, 5) is 41.0. The van der Waals surface area contributed by atoms with Crippen LogP contribution in [0.5, 0.6) is 0 Å². The first kappa shape index (κ1) is 19.2. The lowest BCUT2D eigenvalue weighted by molar-refractivity contribution is -0.149. The minimum atomic E-state index is -0.684. The van der Waals surface area contributed by atoms with Crippen molar-refractivity contribution in [2.75, 3.05) is 6.61 Å². The maximum absolute atomic E-state index is 12.6. The van der Waals surface area contributed by atoms with E-state index in [1.165, 1.54) is 12.7 Å². The highest BCUT2D eigenvalue weighted by molar-refractivity contribution is 6.01. The molecule has 1 aliphatic rings. The molecule has 1 aliphatic carbocycles. The fourth-order valence-corrected chi connectivity index (χ4v) is 3.84. The van der Waals surface area contributed by atoms with Gasteiger partial charge in [0.15, 0.2) is 6.61 Å². The summed E-state index contributed by atoms with van der Waals surface area (Å²) < 4.78 is 11.7. The monoisotopic (exact) mass is 397 g/mol. The third-order valence-electron chi connectivity index (χ3n) is 5.47. The number of hydrogen-bond donors (Lipinski definition) is 1. The van der Waals surface area contributed by atoms with Crippen molar-refractivity contribution in [3.05, 3.63) is 40.9 Å². The van der Waals surface area contributed by atoms with Crippen molar-refractivity contribution < 1.29 is 18.7 Å². The van der Waals surface area contributed by atoms with Crippen molar-refractivity contribution in [3.63, 3.8) is 0 Å². The number of esters is 1. The number of para-hydroxylation sites is 1. The Hall–Kier alpha value is -3.16. The minimum absolute atomic E-state index is 0.0885. The Morgan fingerprint density at radius 2 is 2.07 bits per heavy atom. The van der Waals surface area contributed by atoms with E-state index in [0.717, 1.165) is 29.2 Å². The van der Waals surface area contributed by atoms with Crippen LogP contribution in [-0.4, -0.2) is 34.1 Å². The molecule has 152 valence electrons. The van der Waals surface area contributed by atoms with E-state index in [4.69, 9.17) is 9.15 Å². The summed E-state index contributed by atoms with van der Waals surface area (Å²) >= 11 is 0. The number of furan rings is 1. The first-order valence-electron chi connectivity index (χ1n) is 9.84. The Bertz CT molecular complexity index is 1120. The smallest absolute Gasteiger partial charge is 0.326 e. The van der Waals surface area contributed by atoms with Crippen LogP contribution in [-0.2, 0) is 20.9 Å². The molecular formula is C21H23N3O5. The molecule has 2 unspecified atom stereocenters. The Labute approximate surface area is 166 Å². The van der Waals surface area contributed by atoms with Crippen molar-refractivity contribution >= 4 is 33.9 Å². The Balaban J connectivity index is 1.38. The Morgan fingerprint density at radius 3 is 2.90 bits per heavy atom. The van der Waals surface area contributed by atoms with Crippen molar-refractivity contribution in [1.82, 2.24) is 14.9 Å². The molecule has 0 radical (unpaired) electrons. The zero-order valence-corrected chi connectivity index (χ0v) is 16.2. The summed E-state index contributed by atoms with van der Waals surface area (Å²) in [5.74, 6) is -0.588. The van der Waals surface area contributed by atoms with Crippen LogP contribution in [0.25, 0.3) is 22.1 Å². The molecule has 2 heterocycles. The predicted molar refractivity (Wildman–Crippen MR) is 106 cm³/mol.